The Bertz CT molecular complexity index is 478. The molecule has 2 amide bonds. The average molecular weight is 360 g/mol. The number of carbonyl (C=O) groups excluding carboxylic acids is 1. The fraction of sp³-hybridized carbons (Fsp3) is 0.333. The van der Waals surface area contributed by atoms with Gasteiger partial charge < -0.3 is 15.3 Å². The molecular weight excluding hydrogens is 347 g/mol. The Morgan fingerprint density at radius 1 is 1.39 bits per heavy atom. The van der Waals surface area contributed by atoms with Crippen molar-refractivity contribution in [2.75, 3.05) is 11.9 Å². The van der Waals surface area contributed by atoms with Crippen LogP contribution < -0.4 is 5.32 Å². The molecule has 96 valence electrons. The molecule has 0 saturated carbocycles. The van der Waals surface area contributed by atoms with Crippen LogP contribution >= 0.6 is 22.6 Å². The number of likely N-dealkylation sites (tertiary alicyclic amines) is 1. The Morgan fingerprint density at radius 2 is 2.11 bits per heavy atom. The van der Waals surface area contributed by atoms with Crippen LogP contribution in [0.2, 0.25) is 0 Å². The molecular formula is C12H13IN2O3. The molecule has 1 aliphatic rings. The summed E-state index contributed by atoms with van der Waals surface area (Å²) < 4.78 is 0.925. The topological polar surface area (TPSA) is 69.6 Å². The molecule has 1 aliphatic heterocycles. The summed E-state index contributed by atoms with van der Waals surface area (Å²) >= 11 is 2.13. The average Bonchev–Trinajstić information content (AvgIpc) is 2.81. The number of carbonyl (C=O) groups is 2. The second kappa shape index (κ2) is 5.55. The van der Waals surface area contributed by atoms with Crippen molar-refractivity contribution in [1.29, 1.82) is 0 Å². The number of rotatable bonds is 2. The van der Waals surface area contributed by atoms with Crippen molar-refractivity contribution in [2.45, 2.75) is 18.9 Å². The van der Waals surface area contributed by atoms with Crippen LogP contribution in [0.1, 0.15) is 12.8 Å². The van der Waals surface area contributed by atoms with Gasteiger partial charge in [0.05, 0.1) is 5.69 Å². The monoisotopic (exact) mass is 360 g/mol. The number of amides is 2. The summed E-state index contributed by atoms with van der Waals surface area (Å²) in [7, 11) is 0. The lowest BCUT2D eigenvalue weighted by Gasteiger charge is -2.22. The normalized spacial score (nSPS) is 18.7. The Kier molecular flexibility index (Phi) is 4.05. The Balaban J connectivity index is 2.08. The number of carboxylic acids is 1. The number of para-hydroxylation sites is 1. The Hall–Kier alpha value is -1.31. The third-order valence-corrected chi connectivity index (χ3v) is 3.85. The Labute approximate surface area is 118 Å². The highest BCUT2D eigenvalue weighted by Crippen LogP contribution is 2.21. The largest absolute Gasteiger partial charge is 0.480 e. The molecule has 1 aromatic carbocycles. The molecule has 0 aromatic heterocycles. The number of hydrogen-bond donors (Lipinski definition) is 2. The maximum atomic E-state index is 12.0. The van der Waals surface area contributed by atoms with E-state index in [0.717, 1.165) is 9.99 Å². The third-order valence-electron chi connectivity index (χ3n) is 2.91. The number of urea groups is 1. The fourth-order valence-corrected chi connectivity index (χ4v) is 2.54. The third kappa shape index (κ3) is 2.74. The lowest BCUT2D eigenvalue weighted by atomic mass is 10.2. The van der Waals surface area contributed by atoms with Crippen LogP contribution in [0.4, 0.5) is 10.5 Å². The van der Waals surface area contributed by atoms with E-state index in [4.69, 9.17) is 5.11 Å². The maximum absolute atomic E-state index is 12.0. The first-order chi connectivity index (χ1) is 8.59. The van der Waals surface area contributed by atoms with Gasteiger partial charge in [-0.2, -0.15) is 0 Å². The second-order valence-corrected chi connectivity index (χ2v) is 5.26. The van der Waals surface area contributed by atoms with Crippen molar-refractivity contribution >= 4 is 40.3 Å². The molecule has 0 spiro atoms. The standard InChI is InChI=1S/C12H13IN2O3/c13-8-4-1-2-5-9(8)14-12(18)15-7-3-6-10(15)11(16)17/h1-2,4-5,10H,3,6-7H2,(H,14,18)(H,16,17)/t10-/m1/s1. The van der Waals surface area contributed by atoms with E-state index in [2.05, 4.69) is 27.9 Å². The molecule has 0 radical (unpaired) electrons. The van der Waals surface area contributed by atoms with Gasteiger partial charge in [-0.25, -0.2) is 9.59 Å². The summed E-state index contributed by atoms with van der Waals surface area (Å²) in [6, 6.07) is 6.35. The maximum Gasteiger partial charge on any atom is 0.326 e. The SMILES string of the molecule is O=C(O)[C@H]1CCCN1C(=O)Nc1ccccc1I. The van der Waals surface area contributed by atoms with Gasteiger partial charge in [-0.3, -0.25) is 0 Å². The van der Waals surface area contributed by atoms with E-state index in [1.54, 1.807) is 6.07 Å². The van der Waals surface area contributed by atoms with Crippen molar-refractivity contribution in [3.63, 3.8) is 0 Å². The molecule has 6 heteroatoms. The van der Waals surface area contributed by atoms with Gasteiger partial charge in [-0.15, -0.1) is 0 Å². The predicted octanol–water partition coefficient (Wildman–Crippen LogP) is 2.37. The van der Waals surface area contributed by atoms with Gasteiger partial charge in [0.25, 0.3) is 0 Å². The Morgan fingerprint density at radius 3 is 2.78 bits per heavy atom. The van der Waals surface area contributed by atoms with Crippen LogP contribution in [-0.2, 0) is 4.79 Å². The van der Waals surface area contributed by atoms with E-state index in [-0.39, 0.29) is 6.03 Å². The number of anilines is 1. The molecule has 0 bridgehead atoms. The molecule has 2 rings (SSSR count). The van der Waals surface area contributed by atoms with Gasteiger partial charge in [0.15, 0.2) is 0 Å². The van der Waals surface area contributed by atoms with Crippen molar-refractivity contribution in [3.8, 4) is 0 Å². The quantitative estimate of drug-likeness (QED) is 0.796. The number of nitrogens with zero attached hydrogens (tertiary/aromatic N) is 1. The van der Waals surface area contributed by atoms with Crippen LogP contribution in [0.5, 0.6) is 0 Å². The summed E-state index contributed by atoms with van der Waals surface area (Å²) in [5, 5.41) is 11.8. The molecule has 1 fully saturated rings. The summed E-state index contributed by atoms with van der Waals surface area (Å²) in [6.45, 7) is 0.492. The highest BCUT2D eigenvalue weighted by Gasteiger charge is 2.34. The minimum Gasteiger partial charge on any atom is -0.480 e. The highest BCUT2D eigenvalue weighted by molar-refractivity contribution is 14.1. The molecule has 1 saturated heterocycles. The lowest BCUT2D eigenvalue weighted by molar-refractivity contribution is -0.141. The van der Waals surface area contributed by atoms with Gasteiger partial charge in [0.2, 0.25) is 0 Å². The van der Waals surface area contributed by atoms with Crippen molar-refractivity contribution in [1.82, 2.24) is 4.90 Å². The highest BCUT2D eigenvalue weighted by atomic mass is 127. The number of benzene rings is 1. The van der Waals surface area contributed by atoms with Crippen LogP contribution in [0.25, 0.3) is 0 Å². The molecule has 18 heavy (non-hydrogen) atoms. The van der Waals surface area contributed by atoms with E-state index in [1.165, 1.54) is 4.90 Å². The first-order valence-electron chi connectivity index (χ1n) is 5.64. The predicted molar refractivity (Wildman–Crippen MR) is 75.5 cm³/mol. The van der Waals surface area contributed by atoms with Gasteiger partial charge >= 0.3 is 12.0 Å². The zero-order chi connectivity index (χ0) is 13.1. The summed E-state index contributed by atoms with van der Waals surface area (Å²) in [6.07, 6.45) is 1.25. The van der Waals surface area contributed by atoms with Crippen LogP contribution in [-0.4, -0.2) is 34.6 Å². The van der Waals surface area contributed by atoms with E-state index in [1.807, 2.05) is 18.2 Å². The molecule has 0 unspecified atom stereocenters. The number of hydrogen-bond acceptors (Lipinski definition) is 2. The first kappa shape index (κ1) is 13.1. The van der Waals surface area contributed by atoms with Crippen LogP contribution in [0.15, 0.2) is 24.3 Å². The van der Waals surface area contributed by atoms with Gasteiger partial charge in [-0.05, 0) is 47.6 Å². The van der Waals surface area contributed by atoms with E-state index >= 15 is 0 Å². The van der Waals surface area contributed by atoms with E-state index in [0.29, 0.717) is 18.7 Å². The second-order valence-electron chi connectivity index (χ2n) is 4.10. The molecule has 1 atom stereocenters. The lowest BCUT2D eigenvalue weighted by Crippen LogP contribution is -2.42. The first-order valence-corrected chi connectivity index (χ1v) is 6.72. The fourth-order valence-electron chi connectivity index (χ4n) is 2.02. The molecule has 2 N–H and O–H groups in total. The van der Waals surface area contributed by atoms with Crippen molar-refractivity contribution < 1.29 is 14.7 Å². The van der Waals surface area contributed by atoms with Gasteiger partial charge in [-0.1, -0.05) is 12.1 Å². The van der Waals surface area contributed by atoms with E-state index < -0.39 is 12.0 Å². The minimum atomic E-state index is -0.939. The summed E-state index contributed by atoms with van der Waals surface area (Å²) in [5.74, 6) is -0.939. The zero-order valence-electron chi connectivity index (χ0n) is 9.60. The number of carboxylic acid groups (broad SMARTS) is 1. The number of nitrogens with one attached hydrogen (secondary N) is 1. The molecule has 1 aromatic rings. The number of halogens is 1. The van der Waals surface area contributed by atoms with Crippen molar-refractivity contribution in [2.24, 2.45) is 0 Å². The van der Waals surface area contributed by atoms with Crippen LogP contribution in [0.3, 0.4) is 0 Å². The minimum absolute atomic E-state index is 0.344. The van der Waals surface area contributed by atoms with E-state index in [9.17, 15) is 9.59 Å². The molecule has 0 aliphatic carbocycles. The van der Waals surface area contributed by atoms with Gasteiger partial charge in [0.1, 0.15) is 6.04 Å². The summed E-state index contributed by atoms with van der Waals surface area (Å²) in [4.78, 5) is 24.4. The smallest absolute Gasteiger partial charge is 0.326 e. The van der Waals surface area contributed by atoms with Gasteiger partial charge in [0, 0.05) is 10.1 Å². The number of aliphatic carboxylic acids is 1. The van der Waals surface area contributed by atoms with Crippen LogP contribution in [0, 0.1) is 3.57 Å². The molecule has 1 heterocycles. The van der Waals surface area contributed by atoms with Crippen molar-refractivity contribution in [3.05, 3.63) is 27.8 Å². The zero-order valence-corrected chi connectivity index (χ0v) is 11.8. The summed E-state index contributed by atoms with van der Waals surface area (Å²) in [5.41, 5.74) is 0.708. The molecule has 5 nitrogen and oxygen atoms in total.